The maximum atomic E-state index is 11.3. The Morgan fingerprint density at radius 3 is 3.05 bits per heavy atom. The highest BCUT2D eigenvalue weighted by atomic mass is 16.5. The maximum Gasteiger partial charge on any atom is 0.221 e. The summed E-state index contributed by atoms with van der Waals surface area (Å²) in [6.07, 6.45) is 3.13. The van der Waals surface area contributed by atoms with Gasteiger partial charge in [0.2, 0.25) is 5.91 Å². The zero-order chi connectivity index (χ0) is 13.7. The standard InChI is InChI=1S/C14H19N3O2/c1-19-11-2-3-13-12(8-11)10(9-17-13)5-7-16-14(18)4-6-15/h2-3,8-9,17H,4-7,15H2,1H3,(H,16,18). The van der Waals surface area contributed by atoms with Crippen molar-refractivity contribution < 1.29 is 9.53 Å². The van der Waals surface area contributed by atoms with E-state index in [2.05, 4.69) is 10.3 Å². The second-order valence-electron chi connectivity index (χ2n) is 4.36. The Hall–Kier alpha value is -2.01. The third-order valence-electron chi connectivity index (χ3n) is 3.06. The number of hydrogen-bond donors (Lipinski definition) is 3. The Morgan fingerprint density at radius 2 is 2.32 bits per heavy atom. The monoisotopic (exact) mass is 261 g/mol. The van der Waals surface area contributed by atoms with Gasteiger partial charge in [-0.2, -0.15) is 0 Å². The van der Waals surface area contributed by atoms with E-state index in [1.54, 1.807) is 7.11 Å². The van der Waals surface area contributed by atoms with E-state index in [1.807, 2.05) is 24.4 Å². The lowest BCUT2D eigenvalue weighted by Gasteiger charge is -2.04. The van der Waals surface area contributed by atoms with Crippen molar-refractivity contribution in [2.75, 3.05) is 20.2 Å². The first-order valence-electron chi connectivity index (χ1n) is 6.35. The first-order valence-corrected chi connectivity index (χ1v) is 6.35. The highest BCUT2D eigenvalue weighted by Gasteiger charge is 2.06. The molecule has 0 aliphatic heterocycles. The molecule has 0 atom stereocenters. The van der Waals surface area contributed by atoms with Gasteiger partial charge in [0.15, 0.2) is 0 Å². The molecule has 0 saturated carbocycles. The summed E-state index contributed by atoms with van der Waals surface area (Å²) in [6, 6.07) is 5.92. The molecule has 1 aromatic carbocycles. The Labute approximate surface area is 112 Å². The van der Waals surface area contributed by atoms with Gasteiger partial charge in [-0.3, -0.25) is 4.79 Å². The van der Waals surface area contributed by atoms with E-state index < -0.39 is 0 Å². The second-order valence-corrected chi connectivity index (χ2v) is 4.36. The molecule has 0 bridgehead atoms. The maximum absolute atomic E-state index is 11.3. The van der Waals surface area contributed by atoms with Crippen LogP contribution in [0.5, 0.6) is 5.75 Å². The average Bonchev–Trinajstić information content (AvgIpc) is 2.81. The van der Waals surface area contributed by atoms with Crippen molar-refractivity contribution in [3.63, 3.8) is 0 Å². The molecule has 0 saturated heterocycles. The summed E-state index contributed by atoms with van der Waals surface area (Å²) in [5, 5.41) is 3.98. The molecular weight excluding hydrogens is 242 g/mol. The number of aromatic amines is 1. The van der Waals surface area contributed by atoms with Crippen LogP contribution in [0, 0.1) is 0 Å². The highest BCUT2D eigenvalue weighted by molar-refractivity contribution is 5.84. The number of hydrogen-bond acceptors (Lipinski definition) is 3. The summed E-state index contributed by atoms with van der Waals surface area (Å²) in [5.74, 6) is 0.834. The number of H-pyrrole nitrogens is 1. The lowest BCUT2D eigenvalue weighted by molar-refractivity contribution is -0.120. The molecule has 0 fully saturated rings. The lowest BCUT2D eigenvalue weighted by atomic mass is 10.1. The Balaban J connectivity index is 2.02. The number of nitrogens with one attached hydrogen (secondary N) is 2. The number of nitrogens with two attached hydrogens (primary N) is 1. The van der Waals surface area contributed by atoms with Crippen molar-refractivity contribution in [3.05, 3.63) is 30.0 Å². The molecule has 1 amide bonds. The number of aromatic nitrogens is 1. The number of amides is 1. The Morgan fingerprint density at radius 1 is 1.47 bits per heavy atom. The van der Waals surface area contributed by atoms with E-state index in [4.69, 9.17) is 10.5 Å². The fourth-order valence-electron chi connectivity index (χ4n) is 2.05. The summed E-state index contributed by atoms with van der Waals surface area (Å²) >= 11 is 0. The molecule has 2 rings (SSSR count). The van der Waals surface area contributed by atoms with Crippen molar-refractivity contribution in [1.29, 1.82) is 0 Å². The molecule has 102 valence electrons. The molecule has 5 nitrogen and oxygen atoms in total. The number of methoxy groups -OCH3 is 1. The summed E-state index contributed by atoms with van der Waals surface area (Å²) in [7, 11) is 1.65. The van der Waals surface area contributed by atoms with Crippen LogP contribution in [0.15, 0.2) is 24.4 Å². The number of ether oxygens (including phenoxy) is 1. The molecule has 0 aliphatic carbocycles. The van der Waals surface area contributed by atoms with Gasteiger partial charge < -0.3 is 20.8 Å². The predicted octanol–water partition coefficient (Wildman–Crippen LogP) is 1.18. The van der Waals surface area contributed by atoms with Crippen LogP contribution in [0.1, 0.15) is 12.0 Å². The van der Waals surface area contributed by atoms with Gasteiger partial charge in [0.05, 0.1) is 7.11 Å². The van der Waals surface area contributed by atoms with E-state index in [-0.39, 0.29) is 5.91 Å². The highest BCUT2D eigenvalue weighted by Crippen LogP contribution is 2.23. The van der Waals surface area contributed by atoms with Crippen LogP contribution in [0.3, 0.4) is 0 Å². The van der Waals surface area contributed by atoms with Gasteiger partial charge in [-0.1, -0.05) is 0 Å². The van der Waals surface area contributed by atoms with Crippen LogP contribution in [-0.2, 0) is 11.2 Å². The molecule has 0 aliphatic rings. The van der Waals surface area contributed by atoms with Crippen LogP contribution >= 0.6 is 0 Å². The smallest absolute Gasteiger partial charge is 0.221 e. The summed E-state index contributed by atoms with van der Waals surface area (Å²) in [5.41, 5.74) is 7.56. The van der Waals surface area contributed by atoms with Crippen LogP contribution in [-0.4, -0.2) is 31.1 Å². The summed E-state index contributed by atoms with van der Waals surface area (Å²) < 4.78 is 5.22. The zero-order valence-corrected chi connectivity index (χ0v) is 11.0. The average molecular weight is 261 g/mol. The van der Waals surface area contributed by atoms with Crippen molar-refractivity contribution in [1.82, 2.24) is 10.3 Å². The topological polar surface area (TPSA) is 80.1 Å². The normalized spacial score (nSPS) is 10.6. The minimum atomic E-state index is -0.0000724. The van der Waals surface area contributed by atoms with Gasteiger partial charge in [0.25, 0.3) is 0 Å². The minimum Gasteiger partial charge on any atom is -0.497 e. The van der Waals surface area contributed by atoms with Gasteiger partial charge in [-0.05, 0) is 30.2 Å². The predicted molar refractivity (Wildman–Crippen MR) is 75.2 cm³/mol. The third kappa shape index (κ3) is 3.26. The molecule has 4 N–H and O–H groups in total. The van der Waals surface area contributed by atoms with Gasteiger partial charge >= 0.3 is 0 Å². The van der Waals surface area contributed by atoms with Gasteiger partial charge in [-0.15, -0.1) is 0 Å². The Bertz CT molecular complexity index is 563. The summed E-state index contributed by atoms with van der Waals surface area (Å²) in [4.78, 5) is 14.5. The number of rotatable bonds is 6. The molecule has 1 aromatic heterocycles. The largest absolute Gasteiger partial charge is 0.497 e. The first kappa shape index (κ1) is 13.4. The van der Waals surface area contributed by atoms with Crippen molar-refractivity contribution in [2.24, 2.45) is 5.73 Å². The fraction of sp³-hybridized carbons (Fsp3) is 0.357. The van der Waals surface area contributed by atoms with Gasteiger partial charge in [0.1, 0.15) is 5.75 Å². The van der Waals surface area contributed by atoms with Crippen LogP contribution < -0.4 is 15.8 Å². The van der Waals surface area contributed by atoms with E-state index in [0.29, 0.717) is 19.5 Å². The van der Waals surface area contributed by atoms with Crippen LogP contribution in [0.25, 0.3) is 10.9 Å². The number of benzene rings is 1. The third-order valence-corrected chi connectivity index (χ3v) is 3.06. The lowest BCUT2D eigenvalue weighted by Crippen LogP contribution is -2.27. The number of fused-ring (bicyclic) bond motifs is 1. The van der Waals surface area contributed by atoms with E-state index >= 15 is 0 Å². The minimum absolute atomic E-state index is 0.0000724. The van der Waals surface area contributed by atoms with Gasteiger partial charge in [0, 0.05) is 36.6 Å². The molecule has 1 heterocycles. The van der Waals surface area contributed by atoms with E-state index in [9.17, 15) is 4.79 Å². The fourth-order valence-corrected chi connectivity index (χ4v) is 2.05. The van der Waals surface area contributed by atoms with Crippen LogP contribution in [0.2, 0.25) is 0 Å². The molecule has 0 unspecified atom stereocenters. The van der Waals surface area contributed by atoms with Crippen molar-refractivity contribution >= 4 is 16.8 Å². The van der Waals surface area contributed by atoms with Gasteiger partial charge in [-0.25, -0.2) is 0 Å². The zero-order valence-electron chi connectivity index (χ0n) is 11.0. The number of carbonyl (C=O) groups is 1. The van der Waals surface area contributed by atoms with E-state index in [0.717, 1.165) is 23.1 Å². The second kappa shape index (κ2) is 6.24. The first-order chi connectivity index (χ1) is 9.24. The summed E-state index contributed by atoms with van der Waals surface area (Å²) in [6.45, 7) is 0.999. The van der Waals surface area contributed by atoms with Crippen LogP contribution in [0.4, 0.5) is 0 Å². The van der Waals surface area contributed by atoms with Crippen molar-refractivity contribution in [3.8, 4) is 5.75 Å². The SMILES string of the molecule is COc1ccc2[nH]cc(CCNC(=O)CCN)c2c1. The molecule has 0 radical (unpaired) electrons. The molecule has 19 heavy (non-hydrogen) atoms. The van der Waals surface area contributed by atoms with Crippen molar-refractivity contribution in [2.45, 2.75) is 12.8 Å². The molecular formula is C14H19N3O2. The number of carbonyl (C=O) groups excluding carboxylic acids is 1. The van der Waals surface area contributed by atoms with E-state index in [1.165, 1.54) is 5.56 Å². The molecule has 5 heteroatoms. The Kier molecular flexibility index (Phi) is 4.41. The quantitative estimate of drug-likeness (QED) is 0.730. The molecule has 2 aromatic rings. The molecule has 0 spiro atoms.